The molecule has 0 fully saturated rings. The standard InChI is InChI=1S/C18H16O2/c19-12-15-6-7-16-8-9-18(11-17(16)10-15)20-13-14-4-2-1-3-5-14/h1-5,8-12H,6-7,13H2. The number of carbonyl (C=O) groups is 1. The Morgan fingerprint density at radius 1 is 1.05 bits per heavy atom. The maximum absolute atomic E-state index is 10.9. The molecule has 0 amide bonds. The molecule has 3 rings (SSSR count). The fourth-order valence-electron chi connectivity index (χ4n) is 2.41. The van der Waals surface area contributed by atoms with Gasteiger partial charge in [-0.3, -0.25) is 4.79 Å². The van der Waals surface area contributed by atoms with Crippen LogP contribution in [0.5, 0.6) is 5.75 Å². The number of hydrogen-bond acceptors (Lipinski definition) is 2. The Kier molecular flexibility index (Phi) is 3.64. The molecule has 0 N–H and O–H groups in total. The summed E-state index contributed by atoms with van der Waals surface area (Å²) in [6, 6.07) is 16.2. The number of allylic oxidation sites excluding steroid dienone is 1. The summed E-state index contributed by atoms with van der Waals surface area (Å²) in [4.78, 5) is 10.9. The van der Waals surface area contributed by atoms with Gasteiger partial charge in [0.15, 0.2) is 0 Å². The average Bonchev–Trinajstić information content (AvgIpc) is 2.53. The zero-order valence-electron chi connectivity index (χ0n) is 11.2. The van der Waals surface area contributed by atoms with Gasteiger partial charge in [0.05, 0.1) is 0 Å². The zero-order valence-corrected chi connectivity index (χ0v) is 11.2. The Morgan fingerprint density at radius 3 is 2.70 bits per heavy atom. The lowest BCUT2D eigenvalue weighted by Gasteiger charge is -2.15. The van der Waals surface area contributed by atoms with Gasteiger partial charge >= 0.3 is 0 Å². The molecule has 2 aromatic rings. The molecule has 0 aromatic heterocycles. The zero-order chi connectivity index (χ0) is 13.8. The summed E-state index contributed by atoms with van der Waals surface area (Å²) >= 11 is 0. The van der Waals surface area contributed by atoms with Gasteiger partial charge in [0.2, 0.25) is 0 Å². The third-order valence-corrected chi connectivity index (χ3v) is 3.54. The van der Waals surface area contributed by atoms with E-state index in [1.807, 2.05) is 48.5 Å². The van der Waals surface area contributed by atoms with Crippen molar-refractivity contribution in [2.45, 2.75) is 19.4 Å². The number of aldehydes is 1. The molecule has 0 aliphatic heterocycles. The van der Waals surface area contributed by atoms with Crippen LogP contribution >= 0.6 is 0 Å². The highest BCUT2D eigenvalue weighted by molar-refractivity contribution is 5.83. The number of hydrogen-bond donors (Lipinski definition) is 0. The van der Waals surface area contributed by atoms with Crippen LogP contribution in [0, 0.1) is 0 Å². The third-order valence-electron chi connectivity index (χ3n) is 3.54. The maximum atomic E-state index is 10.9. The monoisotopic (exact) mass is 264 g/mol. The Hall–Kier alpha value is -2.35. The predicted molar refractivity (Wildman–Crippen MR) is 79.6 cm³/mol. The van der Waals surface area contributed by atoms with E-state index in [0.717, 1.165) is 41.6 Å². The molecule has 0 unspecified atom stereocenters. The van der Waals surface area contributed by atoms with Crippen molar-refractivity contribution in [2.75, 3.05) is 0 Å². The largest absolute Gasteiger partial charge is 0.489 e. The third kappa shape index (κ3) is 2.80. The first-order valence-electron chi connectivity index (χ1n) is 6.80. The van der Waals surface area contributed by atoms with Gasteiger partial charge in [0.1, 0.15) is 18.6 Å². The van der Waals surface area contributed by atoms with E-state index < -0.39 is 0 Å². The number of aryl methyl sites for hydroxylation is 1. The quantitative estimate of drug-likeness (QED) is 0.785. The van der Waals surface area contributed by atoms with E-state index >= 15 is 0 Å². The minimum atomic E-state index is 0.559. The van der Waals surface area contributed by atoms with Crippen molar-refractivity contribution in [1.82, 2.24) is 0 Å². The summed E-state index contributed by atoms with van der Waals surface area (Å²) in [6.07, 6.45) is 4.67. The van der Waals surface area contributed by atoms with Crippen molar-refractivity contribution in [3.05, 3.63) is 70.8 Å². The molecule has 1 aliphatic carbocycles. The van der Waals surface area contributed by atoms with Crippen molar-refractivity contribution in [2.24, 2.45) is 0 Å². The second-order valence-corrected chi connectivity index (χ2v) is 4.97. The van der Waals surface area contributed by atoms with Gasteiger partial charge < -0.3 is 4.74 Å². The van der Waals surface area contributed by atoms with Crippen LogP contribution in [0.15, 0.2) is 54.1 Å². The van der Waals surface area contributed by atoms with Crippen LogP contribution in [0.3, 0.4) is 0 Å². The first-order chi connectivity index (χ1) is 9.85. The Labute approximate surface area is 118 Å². The first-order valence-corrected chi connectivity index (χ1v) is 6.80. The van der Waals surface area contributed by atoms with E-state index in [-0.39, 0.29) is 0 Å². The topological polar surface area (TPSA) is 26.3 Å². The predicted octanol–water partition coefficient (Wildman–Crippen LogP) is 3.79. The smallest absolute Gasteiger partial charge is 0.146 e. The van der Waals surface area contributed by atoms with Gasteiger partial charge in [-0.05, 0) is 53.3 Å². The van der Waals surface area contributed by atoms with Crippen LogP contribution < -0.4 is 4.74 Å². The van der Waals surface area contributed by atoms with Crippen LogP contribution in [0.2, 0.25) is 0 Å². The molecule has 2 heteroatoms. The lowest BCUT2D eigenvalue weighted by Crippen LogP contribution is -2.01. The van der Waals surface area contributed by atoms with Gasteiger partial charge in [-0.1, -0.05) is 36.4 Å². The molecule has 0 saturated heterocycles. The molecule has 0 saturated carbocycles. The molecular formula is C18H16O2. The van der Waals surface area contributed by atoms with E-state index in [1.54, 1.807) is 0 Å². The Bertz CT molecular complexity index is 642. The number of fused-ring (bicyclic) bond motifs is 1. The van der Waals surface area contributed by atoms with Gasteiger partial charge in [-0.2, -0.15) is 0 Å². The molecule has 2 nitrogen and oxygen atoms in total. The molecule has 0 heterocycles. The second-order valence-electron chi connectivity index (χ2n) is 4.97. The van der Waals surface area contributed by atoms with E-state index in [0.29, 0.717) is 6.61 Å². The van der Waals surface area contributed by atoms with Crippen molar-refractivity contribution in [3.8, 4) is 5.75 Å². The van der Waals surface area contributed by atoms with Crippen LogP contribution in [-0.4, -0.2) is 6.29 Å². The van der Waals surface area contributed by atoms with Crippen LogP contribution in [0.25, 0.3) is 6.08 Å². The van der Waals surface area contributed by atoms with Crippen LogP contribution in [0.4, 0.5) is 0 Å². The highest BCUT2D eigenvalue weighted by Gasteiger charge is 2.10. The highest BCUT2D eigenvalue weighted by atomic mass is 16.5. The molecule has 0 spiro atoms. The summed E-state index contributed by atoms with van der Waals surface area (Å²) in [6.45, 7) is 0.559. The summed E-state index contributed by atoms with van der Waals surface area (Å²) in [7, 11) is 0. The Balaban J connectivity index is 1.76. The van der Waals surface area contributed by atoms with Gasteiger partial charge in [-0.15, -0.1) is 0 Å². The van der Waals surface area contributed by atoms with E-state index in [9.17, 15) is 4.79 Å². The number of ether oxygens (including phenoxy) is 1. The van der Waals surface area contributed by atoms with Gasteiger partial charge in [0, 0.05) is 0 Å². The van der Waals surface area contributed by atoms with Crippen molar-refractivity contribution >= 4 is 12.4 Å². The lowest BCUT2D eigenvalue weighted by atomic mass is 9.93. The molecule has 2 aromatic carbocycles. The molecule has 0 radical (unpaired) electrons. The molecule has 0 bridgehead atoms. The number of rotatable bonds is 4. The van der Waals surface area contributed by atoms with Crippen molar-refractivity contribution in [1.29, 1.82) is 0 Å². The molecular weight excluding hydrogens is 248 g/mol. The maximum Gasteiger partial charge on any atom is 0.146 e. The second kappa shape index (κ2) is 5.74. The minimum absolute atomic E-state index is 0.559. The highest BCUT2D eigenvalue weighted by Crippen LogP contribution is 2.27. The minimum Gasteiger partial charge on any atom is -0.489 e. The van der Waals surface area contributed by atoms with Crippen molar-refractivity contribution in [3.63, 3.8) is 0 Å². The number of benzene rings is 2. The summed E-state index contributed by atoms with van der Waals surface area (Å²) in [5.74, 6) is 0.844. The average molecular weight is 264 g/mol. The Morgan fingerprint density at radius 2 is 1.90 bits per heavy atom. The fourth-order valence-corrected chi connectivity index (χ4v) is 2.41. The van der Waals surface area contributed by atoms with Crippen LogP contribution in [-0.2, 0) is 17.8 Å². The van der Waals surface area contributed by atoms with Crippen molar-refractivity contribution < 1.29 is 9.53 Å². The fraction of sp³-hybridized carbons (Fsp3) is 0.167. The SMILES string of the molecule is O=CC1=Cc2cc(OCc3ccccc3)ccc2CC1. The van der Waals surface area contributed by atoms with E-state index in [1.165, 1.54) is 5.56 Å². The normalized spacial score (nSPS) is 13.3. The van der Waals surface area contributed by atoms with E-state index in [2.05, 4.69) is 6.07 Å². The number of carbonyl (C=O) groups excluding carboxylic acids is 1. The van der Waals surface area contributed by atoms with E-state index in [4.69, 9.17) is 4.74 Å². The first kappa shape index (κ1) is 12.7. The molecule has 100 valence electrons. The summed E-state index contributed by atoms with van der Waals surface area (Å²) in [5.41, 5.74) is 4.39. The molecule has 1 aliphatic rings. The molecule has 20 heavy (non-hydrogen) atoms. The summed E-state index contributed by atoms with van der Waals surface area (Å²) in [5, 5.41) is 0. The lowest BCUT2D eigenvalue weighted by molar-refractivity contribution is -0.105. The summed E-state index contributed by atoms with van der Waals surface area (Å²) < 4.78 is 5.81. The van der Waals surface area contributed by atoms with Gasteiger partial charge in [0.25, 0.3) is 0 Å². The van der Waals surface area contributed by atoms with Crippen LogP contribution in [0.1, 0.15) is 23.1 Å². The molecule has 0 atom stereocenters. The van der Waals surface area contributed by atoms with Gasteiger partial charge in [-0.25, -0.2) is 0 Å².